The number of pyridine rings is 2. The summed E-state index contributed by atoms with van der Waals surface area (Å²) in [5.74, 6) is 0.407. The SMILES string of the molecule is Nc1nn2cc(-c3ccccn3)cnc2c1-c1ccccn1. The Balaban J connectivity index is 1.90. The minimum Gasteiger partial charge on any atom is -0.382 e. The molecule has 106 valence electrons. The average Bonchev–Trinajstić information content (AvgIpc) is 2.91. The zero-order valence-electron chi connectivity index (χ0n) is 11.6. The Kier molecular flexibility index (Phi) is 2.79. The van der Waals surface area contributed by atoms with Crippen molar-refractivity contribution in [1.29, 1.82) is 0 Å². The van der Waals surface area contributed by atoms with Crippen LogP contribution >= 0.6 is 0 Å². The topological polar surface area (TPSA) is 82.0 Å². The zero-order chi connectivity index (χ0) is 14.9. The van der Waals surface area contributed by atoms with E-state index in [-0.39, 0.29) is 0 Å². The number of nitrogen functional groups attached to an aromatic ring is 1. The molecular formula is C16H12N6. The Bertz CT molecular complexity index is 931. The molecule has 6 nitrogen and oxygen atoms in total. The molecular weight excluding hydrogens is 276 g/mol. The third-order valence-electron chi connectivity index (χ3n) is 3.38. The predicted octanol–water partition coefficient (Wildman–Crippen LogP) is 2.44. The maximum Gasteiger partial charge on any atom is 0.166 e. The quantitative estimate of drug-likeness (QED) is 0.612. The van der Waals surface area contributed by atoms with Gasteiger partial charge in [-0.25, -0.2) is 9.50 Å². The summed E-state index contributed by atoms with van der Waals surface area (Å²) in [6.45, 7) is 0. The van der Waals surface area contributed by atoms with Crippen LogP contribution < -0.4 is 5.73 Å². The second-order valence-corrected chi connectivity index (χ2v) is 4.80. The summed E-state index contributed by atoms with van der Waals surface area (Å²) in [6.07, 6.45) is 7.11. The van der Waals surface area contributed by atoms with E-state index in [9.17, 15) is 0 Å². The van der Waals surface area contributed by atoms with Gasteiger partial charge in [0, 0.05) is 30.4 Å². The van der Waals surface area contributed by atoms with Gasteiger partial charge in [-0.15, -0.1) is 5.10 Å². The number of nitrogens with two attached hydrogens (primary N) is 1. The summed E-state index contributed by atoms with van der Waals surface area (Å²) in [7, 11) is 0. The molecule has 0 fully saturated rings. The summed E-state index contributed by atoms with van der Waals surface area (Å²) >= 11 is 0. The van der Waals surface area contributed by atoms with Gasteiger partial charge in [-0.3, -0.25) is 9.97 Å². The number of hydrogen-bond donors (Lipinski definition) is 1. The van der Waals surface area contributed by atoms with Gasteiger partial charge in [0.05, 0.1) is 17.0 Å². The minimum atomic E-state index is 0.407. The molecule has 0 saturated carbocycles. The van der Waals surface area contributed by atoms with Crippen molar-refractivity contribution in [2.24, 2.45) is 0 Å². The van der Waals surface area contributed by atoms with Crippen molar-refractivity contribution in [3.8, 4) is 22.5 Å². The van der Waals surface area contributed by atoms with E-state index in [0.717, 1.165) is 22.5 Å². The molecule has 0 radical (unpaired) electrons. The van der Waals surface area contributed by atoms with Gasteiger partial charge in [0.15, 0.2) is 11.5 Å². The molecule has 0 bridgehead atoms. The van der Waals surface area contributed by atoms with Crippen molar-refractivity contribution in [1.82, 2.24) is 24.6 Å². The lowest BCUT2D eigenvalue weighted by Crippen LogP contribution is -1.93. The summed E-state index contributed by atoms with van der Waals surface area (Å²) in [6, 6.07) is 11.4. The van der Waals surface area contributed by atoms with E-state index in [2.05, 4.69) is 20.1 Å². The van der Waals surface area contributed by atoms with Crippen LogP contribution in [0.3, 0.4) is 0 Å². The molecule has 0 spiro atoms. The fourth-order valence-corrected chi connectivity index (χ4v) is 2.37. The van der Waals surface area contributed by atoms with Crippen LogP contribution in [0.1, 0.15) is 0 Å². The van der Waals surface area contributed by atoms with E-state index < -0.39 is 0 Å². The second-order valence-electron chi connectivity index (χ2n) is 4.80. The maximum atomic E-state index is 6.05. The van der Waals surface area contributed by atoms with Gasteiger partial charge < -0.3 is 5.73 Å². The normalized spacial score (nSPS) is 10.9. The lowest BCUT2D eigenvalue weighted by molar-refractivity contribution is 0.946. The molecule has 6 heteroatoms. The molecule has 0 saturated heterocycles. The van der Waals surface area contributed by atoms with Crippen molar-refractivity contribution in [3.63, 3.8) is 0 Å². The maximum absolute atomic E-state index is 6.05. The third-order valence-corrected chi connectivity index (χ3v) is 3.38. The van der Waals surface area contributed by atoms with E-state index in [1.54, 1.807) is 23.1 Å². The van der Waals surface area contributed by atoms with E-state index in [1.165, 1.54) is 0 Å². The highest BCUT2D eigenvalue weighted by Crippen LogP contribution is 2.28. The number of hydrogen-bond acceptors (Lipinski definition) is 5. The van der Waals surface area contributed by atoms with E-state index in [0.29, 0.717) is 11.5 Å². The van der Waals surface area contributed by atoms with E-state index in [4.69, 9.17) is 5.73 Å². The van der Waals surface area contributed by atoms with Gasteiger partial charge in [-0.05, 0) is 24.3 Å². The number of aromatic nitrogens is 5. The van der Waals surface area contributed by atoms with Crippen molar-refractivity contribution < 1.29 is 0 Å². The van der Waals surface area contributed by atoms with Crippen LogP contribution in [-0.4, -0.2) is 24.6 Å². The lowest BCUT2D eigenvalue weighted by Gasteiger charge is -2.01. The first-order chi connectivity index (χ1) is 10.8. The highest BCUT2D eigenvalue weighted by Gasteiger charge is 2.15. The van der Waals surface area contributed by atoms with Crippen LogP contribution in [0, 0.1) is 0 Å². The lowest BCUT2D eigenvalue weighted by atomic mass is 10.2. The van der Waals surface area contributed by atoms with Crippen LogP contribution in [-0.2, 0) is 0 Å². The molecule has 22 heavy (non-hydrogen) atoms. The van der Waals surface area contributed by atoms with Gasteiger partial charge in [0.25, 0.3) is 0 Å². The third kappa shape index (κ3) is 1.98. The van der Waals surface area contributed by atoms with Gasteiger partial charge in [0.1, 0.15) is 0 Å². The highest BCUT2D eigenvalue weighted by atomic mass is 15.3. The van der Waals surface area contributed by atoms with Crippen molar-refractivity contribution in [3.05, 3.63) is 61.2 Å². The molecule has 4 aromatic rings. The molecule has 0 aliphatic rings. The fraction of sp³-hybridized carbons (Fsp3) is 0. The van der Waals surface area contributed by atoms with Crippen LogP contribution in [0.25, 0.3) is 28.2 Å². The van der Waals surface area contributed by atoms with Crippen LogP contribution in [0.15, 0.2) is 61.2 Å². The molecule has 2 N–H and O–H groups in total. The summed E-state index contributed by atoms with van der Waals surface area (Å²) in [5, 5.41) is 4.34. The number of rotatable bonds is 2. The van der Waals surface area contributed by atoms with Crippen molar-refractivity contribution >= 4 is 11.5 Å². The van der Waals surface area contributed by atoms with Gasteiger partial charge in [-0.2, -0.15) is 0 Å². The summed E-state index contributed by atoms with van der Waals surface area (Å²) < 4.78 is 1.67. The van der Waals surface area contributed by atoms with Gasteiger partial charge in [-0.1, -0.05) is 12.1 Å². The molecule has 4 heterocycles. The Labute approximate surface area is 126 Å². The first-order valence-corrected chi connectivity index (χ1v) is 6.79. The minimum absolute atomic E-state index is 0.407. The molecule has 0 amide bonds. The van der Waals surface area contributed by atoms with Gasteiger partial charge >= 0.3 is 0 Å². The summed E-state index contributed by atoms with van der Waals surface area (Å²) in [4.78, 5) is 13.1. The molecule has 4 aromatic heterocycles. The molecule has 4 rings (SSSR count). The Morgan fingerprint density at radius 3 is 2.27 bits per heavy atom. The fourth-order valence-electron chi connectivity index (χ4n) is 2.37. The van der Waals surface area contributed by atoms with E-state index >= 15 is 0 Å². The van der Waals surface area contributed by atoms with Crippen LogP contribution in [0.5, 0.6) is 0 Å². The number of anilines is 1. The average molecular weight is 288 g/mol. The molecule has 0 aromatic carbocycles. The predicted molar refractivity (Wildman–Crippen MR) is 83.9 cm³/mol. The van der Waals surface area contributed by atoms with Gasteiger partial charge in [0.2, 0.25) is 0 Å². The van der Waals surface area contributed by atoms with Crippen molar-refractivity contribution in [2.75, 3.05) is 5.73 Å². The molecule has 0 atom stereocenters. The molecule has 0 aliphatic carbocycles. The first kappa shape index (κ1) is 12.5. The summed E-state index contributed by atoms with van der Waals surface area (Å²) in [5.41, 5.74) is 9.94. The monoisotopic (exact) mass is 288 g/mol. The van der Waals surface area contributed by atoms with Crippen molar-refractivity contribution in [2.45, 2.75) is 0 Å². The number of fused-ring (bicyclic) bond motifs is 1. The standard InChI is InChI=1S/C16H12N6/c17-15-14(13-6-2-4-8-19-13)16-20-9-11(10-22(16)21-15)12-5-1-3-7-18-12/h1-10H,(H2,17,21). The Morgan fingerprint density at radius 2 is 1.59 bits per heavy atom. The first-order valence-electron chi connectivity index (χ1n) is 6.79. The molecule has 0 aliphatic heterocycles. The smallest absolute Gasteiger partial charge is 0.166 e. The second kappa shape index (κ2) is 4.92. The van der Waals surface area contributed by atoms with E-state index in [1.807, 2.05) is 42.6 Å². The Hall–Kier alpha value is -3.28. The number of nitrogens with zero attached hydrogens (tertiary/aromatic N) is 5. The van der Waals surface area contributed by atoms with Crippen LogP contribution in [0.2, 0.25) is 0 Å². The zero-order valence-corrected chi connectivity index (χ0v) is 11.6. The van der Waals surface area contributed by atoms with Crippen LogP contribution in [0.4, 0.5) is 5.82 Å². The largest absolute Gasteiger partial charge is 0.382 e. The Morgan fingerprint density at radius 1 is 0.864 bits per heavy atom. The molecule has 0 unspecified atom stereocenters. The highest BCUT2D eigenvalue weighted by molar-refractivity contribution is 5.84.